The summed E-state index contributed by atoms with van der Waals surface area (Å²) < 4.78 is 8.67. The lowest BCUT2D eigenvalue weighted by Crippen LogP contribution is -2.38. The minimum absolute atomic E-state index is 0.0471. The van der Waals surface area contributed by atoms with E-state index in [2.05, 4.69) is 10.3 Å². The van der Waals surface area contributed by atoms with E-state index in [4.69, 9.17) is 16.0 Å². The lowest BCUT2D eigenvalue weighted by Gasteiger charge is -2.12. The molecule has 1 N–H and O–H groups in total. The van der Waals surface area contributed by atoms with Crippen molar-refractivity contribution in [3.8, 4) is 0 Å². The second-order valence-corrected chi connectivity index (χ2v) is 5.99. The summed E-state index contributed by atoms with van der Waals surface area (Å²) in [5.41, 5.74) is -0.862. The first-order valence-corrected chi connectivity index (χ1v) is 7.83. The molecular formula is C15H16ClN5O4. The van der Waals surface area contributed by atoms with Crippen molar-refractivity contribution in [1.29, 1.82) is 0 Å². The lowest BCUT2D eigenvalue weighted by molar-refractivity contribution is -0.122. The Labute approximate surface area is 146 Å². The van der Waals surface area contributed by atoms with Crippen molar-refractivity contribution in [2.75, 3.05) is 0 Å². The number of imidazole rings is 1. The molecule has 3 aromatic heterocycles. The van der Waals surface area contributed by atoms with Crippen molar-refractivity contribution in [2.45, 2.75) is 19.5 Å². The Morgan fingerprint density at radius 2 is 2.08 bits per heavy atom. The van der Waals surface area contributed by atoms with Crippen molar-refractivity contribution in [2.24, 2.45) is 14.1 Å². The zero-order chi connectivity index (χ0) is 18.3. The van der Waals surface area contributed by atoms with Gasteiger partial charge in [0.15, 0.2) is 11.2 Å². The van der Waals surface area contributed by atoms with Gasteiger partial charge in [0.25, 0.3) is 5.56 Å². The standard InChI is InChI=1S/C15H16ClN5O4/c1-8(9-5-4-6-25-9)17-10(22)7-21-11-12(18-14(21)16)19(2)15(24)20(3)13(11)23/h4-6,8H,7H2,1-3H3,(H,17,22)/t8-/m1/s1. The molecule has 3 heterocycles. The van der Waals surface area contributed by atoms with Gasteiger partial charge in [-0.15, -0.1) is 0 Å². The van der Waals surface area contributed by atoms with Crippen LogP contribution in [0.4, 0.5) is 0 Å². The average Bonchev–Trinajstić information content (AvgIpc) is 3.20. The Kier molecular flexibility index (Phi) is 4.25. The summed E-state index contributed by atoms with van der Waals surface area (Å²) in [5, 5.41) is 2.71. The summed E-state index contributed by atoms with van der Waals surface area (Å²) in [6.07, 6.45) is 1.52. The molecule has 10 heteroatoms. The van der Waals surface area contributed by atoms with Crippen LogP contribution in [-0.2, 0) is 25.4 Å². The number of aromatic nitrogens is 4. The molecule has 1 amide bonds. The second-order valence-electron chi connectivity index (χ2n) is 5.65. The third-order valence-electron chi connectivity index (χ3n) is 3.95. The number of nitrogens with zero attached hydrogens (tertiary/aromatic N) is 4. The van der Waals surface area contributed by atoms with E-state index in [1.807, 2.05) is 0 Å². The SMILES string of the molecule is C[C@@H](NC(=O)Cn1c(Cl)nc2c1c(=O)n(C)c(=O)n2C)c1ccco1. The smallest absolute Gasteiger partial charge is 0.332 e. The minimum atomic E-state index is -0.565. The monoisotopic (exact) mass is 365 g/mol. The predicted molar refractivity (Wildman–Crippen MR) is 90.5 cm³/mol. The van der Waals surface area contributed by atoms with E-state index < -0.39 is 11.2 Å². The fourth-order valence-corrected chi connectivity index (χ4v) is 2.83. The van der Waals surface area contributed by atoms with Crippen molar-refractivity contribution in [3.63, 3.8) is 0 Å². The number of furan rings is 1. The number of hydrogen-bond donors (Lipinski definition) is 1. The van der Waals surface area contributed by atoms with Gasteiger partial charge in [-0.1, -0.05) is 0 Å². The van der Waals surface area contributed by atoms with Gasteiger partial charge >= 0.3 is 5.69 Å². The zero-order valence-electron chi connectivity index (χ0n) is 13.8. The number of aryl methyl sites for hydroxylation is 1. The molecule has 1 atom stereocenters. The molecule has 3 rings (SSSR count). The van der Waals surface area contributed by atoms with Gasteiger partial charge in [0.2, 0.25) is 11.2 Å². The molecule has 0 unspecified atom stereocenters. The lowest BCUT2D eigenvalue weighted by atomic mass is 10.2. The summed E-state index contributed by atoms with van der Waals surface area (Å²) in [6.45, 7) is 1.56. The molecule has 25 heavy (non-hydrogen) atoms. The van der Waals surface area contributed by atoms with Crippen LogP contribution in [0, 0.1) is 0 Å². The van der Waals surface area contributed by atoms with E-state index in [9.17, 15) is 14.4 Å². The quantitative estimate of drug-likeness (QED) is 0.680. The number of hydrogen-bond acceptors (Lipinski definition) is 5. The Morgan fingerprint density at radius 1 is 1.36 bits per heavy atom. The highest BCUT2D eigenvalue weighted by atomic mass is 35.5. The number of rotatable bonds is 4. The van der Waals surface area contributed by atoms with Crippen LogP contribution in [0.5, 0.6) is 0 Å². The largest absolute Gasteiger partial charge is 0.467 e. The summed E-state index contributed by atoms with van der Waals surface area (Å²) >= 11 is 6.09. The highest BCUT2D eigenvalue weighted by molar-refractivity contribution is 6.29. The van der Waals surface area contributed by atoms with Crippen molar-refractivity contribution >= 4 is 28.7 Å². The van der Waals surface area contributed by atoms with Crippen LogP contribution >= 0.6 is 11.6 Å². The normalized spacial score (nSPS) is 12.5. The second kappa shape index (κ2) is 6.25. The Hall–Kier alpha value is -2.81. The first kappa shape index (κ1) is 17.0. The van der Waals surface area contributed by atoms with Crippen LogP contribution in [0.3, 0.4) is 0 Å². The molecule has 0 saturated carbocycles. The van der Waals surface area contributed by atoms with Gasteiger partial charge in [0.05, 0.1) is 12.3 Å². The van der Waals surface area contributed by atoms with Gasteiger partial charge in [-0.25, -0.2) is 4.79 Å². The van der Waals surface area contributed by atoms with Crippen LogP contribution in [0.25, 0.3) is 11.2 Å². The average molecular weight is 366 g/mol. The fraction of sp³-hybridized carbons (Fsp3) is 0.333. The molecule has 0 aliphatic heterocycles. The Morgan fingerprint density at radius 3 is 2.72 bits per heavy atom. The summed E-state index contributed by atoms with van der Waals surface area (Å²) in [4.78, 5) is 40.7. The first-order chi connectivity index (χ1) is 11.8. The van der Waals surface area contributed by atoms with Crippen LogP contribution < -0.4 is 16.6 Å². The van der Waals surface area contributed by atoms with E-state index >= 15 is 0 Å². The number of halogens is 1. The van der Waals surface area contributed by atoms with Gasteiger partial charge in [-0.3, -0.25) is 23.3 Å². The van der Waals surface area contributed by atoms with Gasteiger partial charge < -0.3 is 9.73 Å². The molecule has 0 fully saturated rings. The van der Waals surface area contributed by atoms with E-state index in [0.717, 1.165) is 4.57 Å². The Balaban J connectivity index is 1.97. The maximum Gasteiger partial charge on any atom is 0.332 e. The van der Waals surface area contributed by atoms with Crippen LogP contribution in [0.2, 0.25) is 5.28 Å². The molecule has 9 nitrogen and oxygen atoms in total. The molecule has 132 valence electrons. The number of fused-ring (bicyclic) bond motifs is 1. The van der Waals surface area contributed by atoms with Crippen molar-refractivity contribution in [1.82, 2.24) is 24.0 Å². The summed E-state index contributed by atoms with van der Waals surface area (Å²) in [5.74, 6) is 0.231. The number of carbonyl (C=O) groups excluding carboxylic acids is 1. The molecule has 0 saturated heterocycles. The number of amides is 1. The topological polar surface area (TPSA) is 104 Å². The van der Waals surface area contributed by atoms with Gasteiger partial charge in [-0.05, 0) is 30.7 Å². The molecule has 3 aromatic rings. The van der Waals surface area contributed by atoms with E-state index in [-0.39, 0.29) is 34.9 Å². The van der Waals surface area contributed by atoms with Gasteiger partial charge in [0.1, 0.15) is 12.3 Å². The summed E-state index contributed by atoms with van der Waals surface area (Å²) in [6, 6.07) is 3.13. The van der Waals surface area contributed by atoms with Gasteiger partial charge in [-0.2, -0.15) is 4.98 Å². The predicted octanol–water partition coefficient (Wildman–Crippen LogP) is 0.557. The maximum absolute atomic E-state index is 12.4. The van der Waals surface area contributed by atoms with E-state index in [1.54, 1.807) is 19.1 Å². The highest BCUT2D eigenvalue weighted by Crippen LogP contribution is 2.16. The molecule has 0 aliphatic rings. The molecule has 0 radical (unpaired) electrons. The highest BCUT2D eigenvalue weighted by Gasteiger charge is 2.20. The van der Waals surface area contributed by atoms with Gasteiger partial charge in [0, 0.05) is 14.1 Å². The third-order valence-corrected chi connectivity index (χ3v) is 4.24. The molecule has 0 aromatic carbocycles. The number of nitrogens with one attached hydrogen (secondary N) is 1. The molecule has 0 aliphatic carbocycles. The van der Waals surface area contributed by atoms with Crippen molar-refractivity contribution < 1.29 is 9.21 Å². The van der Waals surface area contributed by atoms with Crippen LogP contribution in [0.15, 0.2) is 32.4 Å². The third kappa shape index (κ3) is 2.86. The first-order valence-electron chi connectivity index (χ1n) is 7.45. The summed E-state index contributed by atoms with van der Waals surface area (Å²) in [7, 11) is 2.84. The molecular weight excluding hydrogens is 350 g/mol. The Bertz CT molecular complexity index is 1060. The van der Waals surface area contributed by atoms with Crippen LogP contribution in [0.1, 0.15) is 18.7 Å². The number of carbonyl (C=O) groups is 1. The molecule has 0 bridgehead atoms. The van der Waals surface area contributed by atoms with E-state index in [1.165, 1.54) is 29.5 Å². The maximum atomic E-state index is 12.4. The fourth-order valence-electron chi connectivity index (χ4n) is 2.60. The minimum Gasteiger partial charge on any atom is -0.467 e. The zero-order valence-corrected chi connectivity index (χ0v) is 14.6. The van der Waals surface area contributed by atoms with E-state index in [0.29, 0.717) is 5.76 Å². The molecule has 0 spiro atoms. The van der Waals surface area contributed by atoms with Crippen LogP contribution in [-0.4, -0.2) is 24.6 Å². The van der Waals surface area contributed by atoms with Crippen molar-refractivity contribution in [3.05, 3.63) is 50.3 Å².